The van der Waals surface area contributed by atoms with E-state index in [2.05, 4.69) is 19.1 Å². The molecule has 0 fully saturated rings. The highest BCUT2D eigenvalue weighted by Gasteiger charge is 2.13. The van der Waals surface area contributed by atoms with Gasteiger partial charge in [0.25, 0.3) is 0 Å². The number of thioether (sulfide) groups is 1. The van der Waals surface area contributed by atoms with Gasteiger partial charge in [0.1, 0.15) is 5.82 Å². The minimum absolute atomic E-state index is 0.343. The molecule has 0 unspecified atom stereocenters. The third-order valence-electron chi connectivity index (χ3n) is 3.08. The Morgan fingerprint density at radius 1 is 1.16 bits per heavy atom. The first kappa shape index (κ1) is 14.1. The van der Waals surface area contributed by atoms with Gasteiger partial charge in [-0.3, -0.25) is 0 Å². The monoisotopic (exact) mass is 276 g/mol. The highest BCUT2D eigenvalue weighted by atomic mass is 32.2. The molecule has 0 aromatic heterocycles. The van der Waals surface area contributed by atoms with Gasteiger partial charge in [-0.15, -0.1) is 11.8 Å². The Morgan fingerprint density at radius 3 is 2.58 bits per heavy atom. The highest BCUT2D eigenvalue weighted by Crippen LogP contribution is 2.32. The number of aryl methyl sites for hydroxylation is 1. The molecule has 0 saturated carbocycles. The molecule has 1 atom stereocenters. The van der Waals surface area contributed by atoms with Crippen molar-refractivity contribution in [3.8, 4) is 0 Å². The lowest BCUT2D eigenvalue weighted by Gasteiger charge is -2.13. The van der Waals surface area contributed by atoms with E-state index in [1.165, 1.54) is 17.2 Å². The van der Waals surface area contributed by atoms with Crippen LogP contribution in [0.5, 0.6) is 0 Å². The molecular weight excluding hydrogens is 259 g/mol. The van der Waals surface area contributed by atoms with Crippen molar-refractivity contribution in [3.63, 3.8) is 0 Å². The van der Waals surface area contributed by atoms with Crippen molar-refractivity contribution < 1.29 is 9.50 Å². The fraction of sp³-hybridized carbons (Fsp3) is 0.250. The molecule has 0 bridgehead atoms. The van der Waals surface area contributed by atoms with Gasteiger partial charge in [-0.05, 0) is 37.1 Å². The normalized spacial score (nSPS) is 12.4. The summed E-state index contributed by atoms with van der Waals surface area (Å²) in [6.07, 6.45) is -0.791. The van der Waals surface area contributed by atoms with Crippen molar-refractivity contribution in [1.29, 1.82) is 0 Å². The molecule has 0 amide bonds. The minimum Gasteiger partial charge on any atom is -0.389 e. The summed E-state index contributed by atoms with van der Waals surface area (Å²) in [5, 5.41) is 9.68. The van der Waals surface area contributed by atoms with Crippen LogP contribution in [0.15, 0.2) is 47.4 Å². The first-order valence-corrected chi connectivity index (χ1v) is 7.22. The topological polar surface area (TPSA) is 20.2 Å². The molecule has 0 saturated heterocycles. The maximum absolute atomic E-state index is 13.7. The van der Waals surface area contributed by atoms with Crippen LogP contribution in [-0.4, -0.2) is 5.11 Å². The van der Waals surface area contributed by atoms with Crippen LogP contribution >= 0.6 is 11.8 Å². The molecule has 0 radical (unpaired) electrons. The molecule has 2 aromatic rings. The van der Waals surface area contributed by atoms with Gasteiger partial charge in [0.05, 0.1) is 6.10 Å². The molecule has 3 heteroatoms. The smallest absolute Gasteiger partial charge is 0.130 e. The van der Waals surface area contributed by atoms with E-state index in [-0.39, 0.29) is 5.82 Å². The van der Waals surface area contributed by atoms with Gasteiger partial charge in [-0.1, -0.05) is 30.3 Å². The molecular formula is C16H17FOS. The number of aliphatic hydroxyl groups is 1. The van der Waals surface area contributed by atoms with Crippen molar-refractivity contribution in [2.75, 3.05) is 0 Å². The number of benzene rings is 2. The van der Waals surface area contributed by atoms with Crippen LogP contribution in [0, 0.1) is 12.7 Å². The highest BCUT2D eigenvalue weighted by molar-refractivity contribution is 7.98. The van der Waals surface area contributed by atoms with Crippen molar-refractivity contribution in [2.24, 2.45) is 0 Å². The quantitative estimate of drug-likeness (QED) is 0.831. The molecule has 19 heavy (non-hydrogen) atoms. The fourth-order valence-electron chi connectivity index (χ4n) is 1.98. The van der Waals surface area contributed by atoms with E-state index in [9.17, 15) is 9.50 Å². The number of rotatable bonds is 4. The zero-order valence-electron chi connectivity index (χ0n) is 11.1. The Bertz CT molecular complexity index is 566. The van der Waals surface area contributed by atoms with Crippen molar-refractivity contribution in [1.82, 2.24) is 0 Å². The summed E-state index contributed by atoms with van der Waals surface area (Å²) in [6, 6.07) is 13.1. The van der Waals surface area contributed by atoms with E-state index in [1.54, 1.807) is 24.8 Å². The fourth-order valence-corrected chi connectivity index (χ4v) is 3.21. The Balaban J connectivity index is 2.21. The average Bonchev–Trinajstić information content (AvgIpc) is 2.37. The minimum atomic E-state index is -0.791. The lowest BCUT2D eigenvalue weighted by Crippen LogP contribution is -1.98. The largest absolute Gasteiger partial charge is 0.389 e. The standard InChI is InChI=1S/C16H17FOS/c1-11-6-3-4-7-13(11)10-19-15-9-5-8-14(17)16(15)12(2)18/h3-9,12,18H,10H2,1-2H3/t12-/m1/s1. The molecule has 2 aromatic carbocycles. The van der Waals surface area contributed by atoms with E-state index >= 15 is 0 Å². The van der Waals surface area contributed by atoms with E-state index in [0.29, 0.717) is 5.56 Å². The summed E-state index contributed by atoms with van der Waals surface area (Å²) in [5.74, 6) is 0.431. The third-order valence-corrected chi connectivity index (χ3v) is 4.20. The zero-order valence-corrected chi connectivity index (χ0v) is 11.9. The van der Waals surface area contributed by atoms with Gasteiger partial charge >= 0.3 is 0 Å². The Morgan fingerprint density at radius 2 is 1.89 bits per heavy atom. The molecule has 1 N–H and O–H groups in total. The molecule has 100 valence electrons. The Kier molecular flexibility index (Phi) is 4.61. The number of hydrogen-bond acceptors (Lipinski definition) is 2. The van der Waals surface area contributed by atoms with Gasteiger partial charge in [-0.25, -0.2) is 4.39 Å². The zero-order chi connectivity index (χ0) is 13.8. The van der Waals surface area contributed by atoms with Gasteiger partial charge < -0.3 is 5.11 Å². The summed E-state index contributed by atoms with van der Waals surface area (Å²) in [5.41, 5.74) is 2.85. The Hall–Kier alpha value is -1.32. The number of aliphatic hydroxyl groups excluding tert-OH is 1. The van der Waals surface area contributed by atoms with Gasteiger partial charge in [0.2, 0.25) is 0 Å². The maximum Gasteiger partial charge on any atom is 0.130 e. The molecule has 2 rings (SSSR count). The number of halogens is 1. The molecule has 0 spiro atoms. The summed E-state index contributed by atoms with van der Waals surface area (Å²) in [4.78, 5) is 0.804. The molecule has 0 heterocycles. The Labute approximate surface area is 117 Å². The second kappa shape index (κ2) is 6.22. The first-order chi connectivity index (χ1) is 9.09. The first-order valence-electron chi connectivity index (χ1n) is 6.23. The lowest BCUT2D eigenvalue weighted by atomic mass is 10.1. The van der Waals surface area contributed by atoms with Gasteiger partial charge in [0, 0.05) is 16.2 Å². The van der Waals surface area contributed by atoms with E-state index in [4.69, 9.17) is 0 Å². The van der Waals surface area contributed by atoms with Crippen molar-refractivity contribution in [2.45, 2.75) is 30.6 Å². The van der Waals surface area contributed by atoms with Gasteiger partial charge in [0.15, 0.2) is 0 Å². The third kappa shape index (κ3) is 3.37. The summed E-state index contributed by atoms with van der Waals surface area (Å²) in [7, 11) is 0. The van der Waals surface area contributed by atoms with E-state index < -0.39 is 6.10 Å². The predicted octanol–water partition coefficient (Wildman–Crippen LogP) is 4.48. The van der Waals surface area contributed by atoms with Gasteiger partial charge in [-0.2, -0.15) is 0 Å². The van der Waals surface area contributed by atoms with Crippen molar-refractivity contribution >= 4 is 11.8 Å². The van der Waals surface area contributed by atoms with Crippen molar-refractivity contribution in [3.05, 3.63) is 65.0 Å². The predicted molar refractivity (Wildman–Crippen MR) is 77.8 cm³/mol. The molecule has 1 nitrogen and oxygen atoms in total. The van der Waals surface area contributed by atoms with Crippen LogP contribution in [0.25, 0.3) is 0 Å². The van der Waals surface area contributed by atoms with E-state index in [1.807, 2.05) is 18.2 Å². The second-order valence-electron chi connectivity index (χ2n) is 4.54. The number of hydrogen-bond donors (Lipinski definition) is 1. The summed E-state index contributed by atoms with van der Waals surface area (Å²) in [6.45, 7) is 3.66. The molecule has 0 aliphatic carbocycles. The SMILES string of the molecule is Cc1ccccc1CSc1cccc(F)c1[C@@H](C)O. The molecule has 0 aliphatic rings. The van der Waals surface area contributed by atoms with Crippen LogP contribution < -0.4 is 0 Å². The van der Waals surface area contributed by atoms with Crippen LogP contribution in [0.4, 0.5) is 4.39 Å². The van der Waals surface area contributed by atoms with Crippen LogP contribution in [-0.2, 0) is 5.75 Å². The van der Waals surface area contributed by atoms with Crippen LogP contribution in [0.3, 0.4) is 0 Å². The van der Waals surface area contributed by atoms with Crippen LogP contribution in [0.2, 0.25) is 0 Å². The van der Waals surface area contributed by atoms with Crippen LogP contribution in [0.1, 0.15) is 29.7 Å². The summed E-state index contributed by atoms with van der Waals surface area (Å²) < 4.78 is 13.7. The second-order valence-corrected chi connectivity index (χ2v) is 5.56. The maximum atomic E-state index is 13.7. The van der Waals surface area contributed by atoms with E-state index in [0.717, 1.165) is 10.6 Å². The summed E-state index contributed by atoms with van der Waals surface area (Å²) >= 11 is 1.56. The molecule has 0 aliphatic heterocycles. The average molecular weight is 276 g/mol. The lowest BCUT2D eigenvalue weighted by molar-refractivity contribution is 0.191.